The first-order chi connectivity index (χ1) is 7.70. The van der Waals surface area contributed by atoms with Crippen LogP contribution in [0, 0.1) is 0 Å². The van der Waals surface area contributed by atoms with Crippen molar-refractivity contribution in [2.45, 2.75) is 6.54 Å². The van der Waals surface area contributed by atoms with E-state index in [0.29, 0.717) is 0 Å². The van der Waals surface area contributed by atoms with Crippen LogP contribution in [0.2, 0.25) is 0 Å². The maximum atomic E-state index is 10.7. The molecule has 2 rings (SSSR count). The van der Waals surface area contributed by atoms with Crippen molar-refractivity contribution >= 4 is 16.9 Å². The quantitative estimate of drug-likeness (QED) is 0.474. The lowest BCUT2D eigenvalue weighted by Gasteiger charge is -1.94. The predicted octanol–water partition coefficient (Wildman–Crippen LogP) is 2.98. The summed E-state index contributed by atoms with van der Waals surface area (Å²) >= 11 is 0. The predicted molar refractivity (Wildman–Crippen MR) is 58.2 cm³/mol. The molecule has 16 heavy (non-hydrogen) atoms. The fourth-order valence-electron chi connectivity index (χ4n) is 1.51. The average molecular weight is 216 g/mol. The first kappa shape index (κ1) is 10.1. The van der Waals surface area contributed by atoms with Gasteiger partial charge in [0.1, 0.15) is 0 Å². The van der Waals surface area contributed by atoms with Gasteiger partial charge in [-0.3, -0.25) is 4.57 Å². The monoisotopic (exact) mass is 216 g/mol. The van der Waals surface area contributed by atoms with Crippen molar-refractivity contribution < 1.29 is 9.90 Å². The lowest BCUT2D eigenvalue weighted by atomic mass is 10.1. The zero-order valence-electron chi connectivity index (χ0n) is 8.24. The van der Waals surface area contributed by atoms with E-state index in [1.165, 1.54) is 12.4 Å². The minimum absolute atomic E-state index is 0.269. The van der Waals surface area contributed by atoms with Crippen LogP contribution < -0.4 is 0 Å². The third kappa shape index (κ3) is 1.82. The van der Waals surface area contributed by atoms with E-state index < -0.39 is 6.09 Å². The number of hydrogen-bond donors (Lipinski definition) is 1. The smallest absolute Gasteiger partial charge is 0.415 e. The molecule has 0 aliphatic rings. The standard InChI is InChI=1S/C10H8N4O2/c11-13-12-4-7-1-2-8-5-14(10(15)16)6-9(8)3-7/h1-3,5-6H,4H2,(H,15,16). The van der Waals surface area contributed by atoms with E-state index in [0.717, 1.165) is 20.9 Å². The van der Waals surface area contributed by atoms with Gasteiger partial charge in [-0.1, -0.05) is 17.2 Å². The number of hydrogen-bond acceptors (Lipinski definition) is 2. The van der Waals surface area contributed by atoms with Crippen molar-refractivity contribution in [1.82, 2.24) is 4.57 Å². The van der Waals surface area contributed by atoms with Gasteiger partial charge in [0.15, 0.2) is 0 Å². The summed E-state index contributed by atoms with van der Waals surface area (Å²) in [7, 11) is 0. The van der Waals surface area contributed by atoms with E-state index >= 15 is 0 Å². The number of rotatable bonds is 2. The minimum atomic E-state index is -1.02. The fourth-order valence-corrected chi connectivity index (χ4v) is 1.51. The van der Waals surface area contributed by atoms with Crippen LogP contribution in [0.4, 0.5) is 4.79 Å². The number of carboxylic acid groups (broad SMARTS) is 1. The Labute approximate surface area is 90.4 Å². The molecular weight excluding hydrogens is 208 g/mol. The average Bonchev–Trinajstić information content (AvgIpc) is 2.69. The highest BCUT2D eigenvalue weighted by Gasteiger charge is 2.04. The highest BCUT2D eigenvalue weighted by Crippen LogP contribution is 2.17. The van der Waals surface area contributed by atoms with E-state index in [9.17, 15) is 4.79 Å². The van der Waals surface area contributed by atoms with E-state index in [4.69, 9.17) is 10.6 Å². The van der Waals surface area contributed by atoms with Gasteiger partial charge in [0.05, 0.1) is 6.54 Å². The Morgan fingerprint density at radius 2 is 2.19 bits per heavy atom. The molecule has 0 saturated carbocycles. The van der Waals surface area contributed by atoms with Gasteiger partial charge in [-0.2, -0.15) is 0 Å². The van der Waals surface area contributed by atoms with Crippen LogP contribution in [0.1, 0.15) is 5.56 Å². The topological polar surface area (TPSA) is 91.0 Å². The van der Waals surface area contributed by atoms with Crippen LogP contribution in [0.25, 0.3) is 21.2 Å². The van der Waals surface area contributed by atoms with Crippen LogP contribution >= 0.6 is 0 Å². The second kappa shape index (κ2) is 3.96. The number of fused-ring (bicyclic) bond motifs is 1. The first-order valence-corrected chi connectivity index (χ1v) is 4.55. The number of carbonyl (C=O) groups is 1. The van der Waals surface area contributed by atoms with Crippen molar-refractivity contribution in [1.29, 1.82) is 0 Å². The highest BCUT2D eigenvalue weighted by atomic mass is 16.4. The van der Waals surface area contributed by atoms with Gasteiger partial charge in [-0.25, -0.2) is 4.79 Å². The number of azide groups is 1. The summed E-state index contributed by atoms with van der Waals surface area (Å²) in [5.74, 6) is 0. The third-order valence-corrected chi connectivity index (χ3v) is 2.24. The molecule has 2 aromatic rings. The largest absolute Gasteiger partial charge is 0.464 e. The van der Waals surface area contributed by atoms with Gasteiger partial charge >= 0.3 is 6.09 Å². The molecule has 80 valence electrons. The maximum Gasteiger partial charge on any atom is 0.415 e. The van der Waals surface area contributed by atoms with Crippen LogP contribution in [-0.2, 0) is 6.54 Å². The van der Waals surface area contributed by atoms with Crippen LogP contribution in [0.15, 0.2) is 35.7 Å². The molecule has 0 aliphatic heterocycles. The summed E-state index contributed by atoms with van der Waals surface area (Å²) in [6, 6.07) is 5.42. The molecule has 0 amide bonds. The Bertz CT molecular complexity index is 596. The van der Waals surface area contributed by atoms with Crippen LogP contribution in [0.5, 0.6) is 0 Å². The maximum absolute atomic E-state index is 10.7. The van der Waals surface area contributed by atoms with Crippen LogP contribution in [0.3, 0.4) is 0 Å². The molecule has 0 radical (unpaired) electrons. The lowest BCUT2D eigenvalue weighted by Crippen LogP contribution is -2.03. The molecule has 0 aliphatic carbocycles. The van der Waals surface area contributed by atoms with Crippen molar-refractivity contribution in [3.63, 3.8) is 0 Å². The fraction of sp³-hybridized carbons (Fsp3) is 0.100. The van der Waals surface area contributed by atoms with Gasteiger partial charge in [0.25, 0.3) is 0 Å². The third-order valence-electron chi connectivity index (χ3n) is 2.24. The van der Waals surface area contributed by atoms with E-state index in [1.807, 2.05) is 12.1 Å². The molecule has 0 unspecified atom stereocenters. The van der Waals surface area contributed by atoms with Crippen molar-refractivity contribution in [2.24, 2.45) is 5.11 Å². The van der Waals surface area contributed by atoms with Gasteiger partial charge in [-0.05, 0) is 22.5 Å². The summed E-state index contributed by atoms with van der Waals surface area (Å²) in [4.78, 5) is 13.4. The van der Waals surface area contributed by atoms with Crippen molar-refractivity contribution in [3.8, 4) is 0 Å². The minimum Gasteiger partial charge on any atom is -0.464 e. The van der Waals surface area contributed by atoms with E-state index in [-0.39, 0.29) is 6.54 Å². The zero-order valence-corrected chi connectivity index (χ0v) is 8.24. The molecule has 6 nitrogen and oxygen atoms in total. The Morgan fingerprint density at radius 3 is 2.88 bits per heavy atom. The summed E-state index contributed by atoms with van der Waals surface area (Å²) in [5.41, 5.74) is 9.05. The normalized spacial score (nSPS) is 10.0. The molecule has 1 heterocycles. The van der Waals surface area contributed by atoms with Crippen molar-refractivity contribution in [3.05, 3.63) is 46.6 Å². The van der Waals surface area contributed by atoms with Gasteiger partial charge in [0.2, 0.25) is 0 Å². The Balaban J connectivity index is 2.45. The molecular formula is C10H8N4O2. The SMILES string of the molecule is [N-]=[N+]=NCc1ccc2cn(C(=O)O)cc2c1. The summed E-state index contributed by atoms with van der Waals surface area (Å²) in [6.45, 7) is 0.269. The Hall–Kier alpha value is -2.46. The number of nitrogens with zero attached hydrogens (tertiary/aromatic N) is 4. The summed E-state index contributed by atoms with van der Waals surface area (Å²) < 4.78 is 1.10. The molecule has 1 aromatic heterocycles. The molecule has 1 N–H and O–H groups in total. The zero-order chi connectivity index (χ0) is 11.5. The van der Waals surface area contributed by atoms with Gasteiger partial charge in [-0.15, -0.1) is 0 Å². The molecule has 0 saturated heterocycles. The number of benzene rings is 1. The Morgan fingerprint density at radius 1 is 1.44 bits per heavy atom. The van der Waals surface area contributed by atoms with E-state index in [2.05, 4.69) is 10.0 Å². The van der Waals surface area contributed by atoms with Gasteiger partial charge < -0.3 is 5.11 Å². The molecule has 0 fully saturated rings. The second-order valence-corrected chi connectivity index (χ2v) is 3.30. The van der Waals surface area contributed by atoms with Crippen molar-refractivity contribution in [2.75, 3.05) is 0 Å². The van der Waals surface area contributed by atoms with Gasteiger partial charge in [0, 0.05) is 22.7 Å². The van der Waals surface area contributed by atoms with Crippen LogP contribution in [-0.4, -0.2) is 15.8 Å². The van der Waals surface area contributed by atoms with E-state index in [1.54, 1.807) is 6.07 Å². The summed E-state index contributed by atoms with van der Waals surface area (Å²) in [6.07, 6.45) is 2.04. The second-order valence-electron chi connectivity index (χ2n) is 3.30. The lowest BCUT2D eigenvalue weighted by molar-refractivity contribution is 0.196. The molecule has 6 heteroatoms. The highest BCUT2D eigenvalue weighted by molar-refractivity contribution is 5.87. The Kier molecular flexibility index (Phi) is 2.49. The molecule has 0 spiro atoms. The molecule has 0 atom stereocenters. The molecule has 1 aromatic carbocycles. The first-order valence-electron chi connectivity index (χ1n) is 4.55. The summed E-state index contributed by atoms with van der Waals surface area (Å²) in [5, 5.41) is 13.9. The number of aromatic nitrogens is 1. The molecule has 0 bridgehead atoms.